The Hall–Kier alpha value is -3.41. The molecule has 0 saturated carbocycles. The van der Waals surface area contributed by atoms with Crippen LogP contribution in [0, 0.1) is 0 Å². The van der Waals surface area contributed by atoms with Gasteiger partial charge in [-0.15, -0.1) is 0 Å². The summed E-state index contributed by atoms with van der Waals surface area (Å²) in [6.07, 6.45) is 62.9. The van der Waals surface area contributed by atoms with E-state index in [1.165, 1.54) is 77.0 Å². The van der Waals surface area contributed by atoms with Crippen molar-refractivity contribution in [2.75, 3.05) is 13.2 Å². The highest BCUT2D eigenvalue weighted by atomic mass is 16.6. The number of allylic oxidation sites excluding steroid dienone is 14. The second-order valence-electron chi connectivity index (χ2n) is 16.3. The van der Waals surface area contributed by atoms with Crippen LogP contribution in [0.3, 0.4) is 0 Å². The maximum Gasteiger partial charge on any atom is 0.306 e. The van der Waals surface area contributed by atoms with Crippen LogP contribution in [-0.4, -0.2) is 37.2 Å². The molecule has 0 aliphatic heterocycles. The van der Waals surface area contributed by atoms with Gasteiger partial charge in [0.25, 0.3) is 0 Å². The third-order valence-corrected chi connectivity index (χ3v) is 10.4. The lowest BCUT2D eigenvalue weighted by molar-refractivity contribution is -0.166. The summed E-state index contributed by atoms with van der Waals surface area (Å²) >= 11 is 0. The van der Waals surface area contributed by atoms with Crippen molar-refractivity contribution in [3.8, 4) is 0 Å². The Morgan fingerprint density at radius 2 is 0.689 bits per heavy atom. The van der Waals surface area contributed by atoms with Crippen LogP contribution < -0.4 is 0 Å². The van der Waals surface area contributed by atoms with E-state index < -0.39 is 6.10 Å². The highest BCUT2D eigenvalue weighted by Gasteiger charge is 2.19. The van der Waals surface area contributed by atoms with Gasteiger partial charge in [-0.05, 0) is 96.3 Å². The smallest absolute Gasteiger partial charge is 0.306 e. The van der Waals surface area contributed by atoms with Gasteiger partial charge in [-0.2, -0.15) is 0 Å². The van der Waals surface area contributed by atoms with E-state index in [0.29, 0.717) is 19.3 Å². The molecular weight excluding hydrogens is 757 g/mol. The Morgan fingerprint density at radius 1 is 0.344 bits per heavy atom. The highest BCUT2D eigenvalue weighted by molar-refractivity contribution is 5.71. The van der Waals surface area contributed by atoms with Gasteiger partial charge in [0, 0.05) is 19.3 Å². The molecule has 1 unspecified atom stereocenters. The first-order valence-corrected chi connectivity index (χ1v) is 25.1. The molecule has 0 radical (unpaired) electrons. The lowest BCUT2D eigenvalue weighted by Crippen LogP contribution is -2.30. The highest BCUT2D eigenvalue weighted by Crippen LogP contribution is 2.13. The summed E-state index contributed by atoms with van der Waals surface area (Å²) in [4.78, 5) is 37.8. The summed E-state index contributed by atoms with van der Waals surface area (Å²) in [5.41, 5.74) is 0. The molecule has 0 amide bonds. The first kappa shape index (κ1) is 57.6. The summed E-state index contributed by atoms with van der Waals surface area (Å²) in [5.74, 6) is -1.00. The van der Waals surface area contributed by atoms with E-state index in [-0.39, 0.29) is 37.5 Å². The molecular formula is C55H92O6. The van der Waals surface area contributed by atoms with Gasteiger partial charge in [0.15, 0.2) is 6.10 Å². The lowest BCUT2D eigenvalue weighted by Gasteiger charge is -2.18. The van der Waals surface area contributed by atoms with Gasteiger partial charge < -0.3 is 14.2 Å². The Morgan fingerprint density at radius 3 is 1.13 bits per heavy atom. The molecule has 348 valence electrons. The normalized spacial score (nSPS) is 12.8. The van der Waals surface area contributed by atoms with Crippen molar-refractivity contribution in [1.29, 1.82) is 0 Å². The van der Waals surface area contributed by atoms with E-state index in [0.717, 1.165) is 103 Å². The Bertz CT molecular complexity index is 1200. The number of carbonyl (C=O) groups is 3. The maximum atomic E-state index is 12.7. The van der Waals surface area contributed by atoms with Crippen molar-refractivity contribution in [1.82, 2.24) is 0 Å². The average Bonchev–Trinajstić information content (AvgIpc) is 3.26. The van der Waals surface area contributed by atoms with Crippen LogP contribution in [0.4, 0.5) is 0 Å². The van der Waals surface area contributed by atoms with E-state index in [9.17, 15) is 14.4 Å². The van der Waals surface area contributed by atoms with Gasteiger partial charge in [0.1, 0.15) is 13.2 Å². The first-order valence-electron chi connectivity index (χ1n) is 25.1. The van der Waals surface area contributed by atoms with Crippen molar-refractivity contribution >= 4 is 17.9 Å². The van der Waals surface area contributed by atoms with Crippen LogP contribution in [0.1, 0.15) is 226 Å². The van der Waals surface area contributed by atoms with Crippen molar-refractivity contribution in [2.45, 2.75) is 232 Å². The van der Waals surface area contributed by atoms with Gasteiger partial charge in [0.05, 0.1) is 0 Å². The number of hydrogen-bond acceptors (Lipinski definition) is 6. The molecule has 6 nitrogen and oxygen atoms in total. The monoisotopic (exact) mass is 849 g/mol. The molecule has 61 heavy (non-hydrogen) atoms. The SMILES string of the molecule is CC/C=C\C/C=C\C/C=C\C/C=C\CCCCCCCCC(=O)OCC(COC(=O)CCCCCCC/C=C\CCCC)OC(=O)CC/C=C\C/C=C\CCCCCCCC. The standard InChI is InChI=1S/C55H92O6/c1-4-7-10-13-16-19-22-24-25-26-27-28-29-31-33-36-39-42-45-48-54(57)60-51-52(50-59-53(56)47-44-41-38-35-32-21-18-15-12-9-6-3)61-55(58)49-46-43-40-37-34-30-23-20-17-14-11-8-5-2/h7,10,15-16,18-19,24-25,27-28,30,34,40,43,52H,4-6,8-9,11-14,17,20-23,26,29,31-33,35-39,41-42,44-51H2,1-3H3/b10-7-,18-15-,19-16-,25-24-,28-27-,34-30-,43-40-. The Balaban J connectivity index is 4.44. The van der Waals surface area contributed by atoms with E-state index >= 15 is 0 Å². The maximum absolute atomic E-state index is 12.7. The second kappa shape index (κ2) is 49.2. The van der Waals surface area contributed by atoms with Gasteiger partial charge in [-0.1, -0.05) is 196 Å². The van der Waals surface area contributed by atoms with Crippen LogP contribution in [0.25, 0.3) is 0 Å². The third-order valence-electron chi connectivity index (χ3n) is 10.4. The predicted octanol–water partition coefficient (Wildman–Crippen LogP) is 16.4. The van der Waals surface area contributed by atoms with Crippen molar-refractivity contribution in [3.05, 3.63) is 85.1 Å². The molecule has 0 aliphatic carbocycles. The zero-order valence-corrected chi connectivity index (χ0v) is 39.7. The number of carbonyl (C=O) groups excluding carboxylic acids is 3. The van der Waals surface area contributed by atoms with Gasteiger partial charge in [0.2, 0.25) is 0 Å². The molecule has 0 aromatic rings. The minimum absolute atomic E-state index is 0.109. The summed E-state index contributed by atoms with van der Waals surface area (Å²) < 4.78 is 16.7. The fourth-order valence-corrected chi connectivity index (χ4v) is 6.58. The molecule has 0 bridgehead atoms. The van der Waals surface area contributed by atoms with E-state index in [2.05, 4.69) is 99.8 Å². The topological polar surface area (TPSA) is 78.9 Å². The fourth-order valence-electron chi connectivity index (χ4n) is 6.58. The summed E-state index contributed by atoms with van der Waals surface area (Å²) in [6.45, 7) is 6.40. The van der Waals surface area contributed by atoms with Crippen LogP contribution >= 0.6 is 0 Å². The van der Waals surface area contributed by atoms with E-state index in [1.807, 2.05) is 6.08 Å². The van der Waals surface area contributed by atoms with Crippen molar-refractivity contribution in [3.63, 3.8) is 0 Å². The molecule has 0 aromatic carbocycles. The van der Waals surface area contributed by atoms with Crippen molar-refractivity contribution < 1.29 is 28.6 Å². The molecule has 6 heteroatoms. The molecule has 0 spiro atoms. The Kier molecular flexibility index (Phi) is 46.5. The number of rotatable bonds is 44. The molecule has 1 atom stereocenters. The van der Waals surface area contributed by atoms with Crippen molar-refractivity contribution in [2.24, 2.45) is 0 Å². The number of unbranched alkanes of at least 4 members (excludes halogenated alkanes) is 19. The van der Waals surface area contributed by atoms with E-state index in [1.54, 1.807) is 0 Å². The summed E-state index contributed by atoms with van der Waals surface area (Å²) in [5, 5.41) is 0. The van der Waals surface area contributed by atoms with Gasteiger partial charge in [-0.25, -0.2) is 0 Å². The quantitative estimate of drug-likeness (QED) is 0.0263. The van der Waals surface area contributed by atoms with Gasteiger partial charge >= 0.3 is 17.9 Å². The molecule has 0 saturated heterocycles. The molecule has 0 aliphatic rings. The molecule has 0 heterocycles. The molecule has 0 aromatic heterocycles. The Labute approximate surface area is 375 Å². The van der Waals surface area contributed by atoms with Crippen LogP contribution in [0.15, 0.2) is 85.1 Å². The summed E-state index contributed by atoms with van der Waals surface area (Å²) in [6, 6.07) is 0. The second-order valence-corrected chi connectivity index (χ2v) is 16.3. The third kappa shape index (κ3) is 47.5. The first-order chi connectivity index (χ1) is 30.0. The van der Waals surface area contributed by atoms with Crippen LogP contribution in [0.2, 0.25) is 0 Å². The number of hydrogen-bond donors (Lipinski definition) is 0. The number of esters is 3. The minimum atomic E-state index is -0.815. The van der Waals surface area contributed by atoms with E-state index in [4.69, 9.17) is 14.2 Å². The predicted molar refractivity (Wildman–Crippen MR) is 261 cm³/mol. The minimum Gasteiger partial charge on any atom is -0.462 e. The largest absolute Gasteiger partial charge is 0.462 e. The molecule has 0 rings (SSSR count). The molecule has 0 N–H and O–H groups in total. The zero-order valence-electron chi connectivity index (χ0n) is 39.7. The van der Waals surface area contributed by atoms with Gasteiger partial charge in [-0.3, -0.25) is 14.4 Å². The zero-order chi connectivity index (χ0) is 44.4. The van der Waals surface area contributed by atoms with Crippen LogP contribution in [0.5, 0.6) is 0 Å². The van der Waals surface area contributed by atoms with Crippen LogP contribution in [-0.2, 0) is 28.6 Å². The summed E-state index contributed by atoms with van der Waals surface area (Å²) in [7, 11) is 0. The molecule has 0 fully saturated rings. The fraction of sp³-hybridized carbons (Fsp3) is 0.691. The average molecular weight is 849 g/mol. The lowest BCUT2D eigenvalue weighted by atomic mass is 10.1. The number of ether oxygens (including phenoxy) is 3.